The molecule has 0 amide bonds. The van der Waals surface area contributed by atoms with Gasteiger partial charge < -0.3 is 0 Å². The minimum atomic E-state index is 0.508. The van der Waals surface area contributed by atoms with Gasteiger partial charge in [0.1, 0.15) is 0 Å². The van der Waals surface area contributed by atoms with E-state index in [0.29, 0.717) is 11.5 Å². The van der Waals surface area contributed by atoms with Crippen LogP contribution in [0, 0.1) is 6.58 Å². The number of halogens is 1. The lowest BCUT2D eigenvalue weighted by atomic mass is 10.0. The van der Waals surface area contributed by atoms with E-state index in [1.54, 1.807) is 0 Å². The van der Waals surface area contributed by atoms with Gasteiger partial charge in [0.2, 0.25) is 0 Å². The van der Waals surface area contributed by atoms with Crippen LogP contribution in [0.4, 0.5) is 0 Å². The molecule has 0 fully saturated rings. The fourth-order valence-corrected chi connectivity index (χ4v) is 2.32. The average Bonchev–Trinajstić information content (AvgIpc) is 2.54. The van der Waals surface area contributed by atoms with Crippen LogP contribution in [0.5, 0.6) is 0 Å². The Kier molecular flexibility index (Phi) is 3.53. The molecule has 0 aliphatic heterocycles. The summed E-state index contributed by atoms with van der Waals surface area (Å²) in [6.07, 6.45) is 0. The van der Waals surface area contributed by atoms with Gasteiger partial charge in [-0.1, -0.05) is 55.1 Å². The highest BCUT2D eigenvalue weighted by atomic mass is 35.5. The molecule has 20 heavy (non-hydrogen) atoms. The lowest BCUT2D eigenvalue weighted by Crippen LogP contribution is -1.91. The van der Waals surface area contributed by atoms with Gasteiger partial charge in [0.15, 0.2) is 0 Å². The van der Waals surface area contributed by atoms with Crippen LogP contribution < -0.4 is 0 Å². The Morgan fingerprint density at radius 3 is 2.45 bits per heavy atom. The summed E-state index contributed by atoms with van der Waals surface area (Å²) in [4.78, 5) is 4.61. The summed E-state index contributed by atoms with van der Waals surface area (Å²) in [5.74, 6) is 0.508. The lowest BCUT2D eigenvalue weighted by molar-refractivity contribution is 1.33. The molecule has 0 bridgehead atoms. The highest BCUT2D eigenvalue weighted by Crippen LogP contribution is 2.22. The van der Waals surface area contributed by atoms with Crippen molar-refractivity contribution in [3.05, 3.63) is 84.1 Å². The number of aromatic nitrogens is 1. The quantitative estimate of drug-likeness (QED) is 0.625. The third kappa shape index (κ3) is 2.45. The van der Waals surface area contributed by atoms with Crippen molar-refractivity contribution in [2.45, 2.75) is 5.88 Å². The summed E-state index contributed by atoms with van der Waals surface area (Å²) >= 11 is 5.79. The molecule has 0 N–H and O–H groups in total. The van der Waals surface area contributed by atoms with E-state index in [0.717, 1.165) is 27.7 Å². The second-order valence-corrected chi connectivity index (χ2v) is 4.90. The highest BCUT2D eigenvalue weighted by molar-refractivity contribution is 6.17. The minimum Gasteiger partial charge on any atom is -0.248 e. The standard InChI is InChI=1S/C18H13ClN/c1-13(15-8-6-14(12-19)7-9-15)17-11-10-16-4-2-3-5-18(16)20-17/h1-11H,12H2. The van der Waals surface area contributed by atoms with Crippen molar-refractivity contribution in [3.63, 3.8) is 0 Å². The van der Waals surface area contributed by atoms with Crippen molar-refractivity contribution in [1.82, 2.24) is 4.98 Å². The number of alkyl halides is 1. The second-order valence-electron chi connectivity index (χ2n) is 4.63. The molecule has 3 rings (SSSR count). The number of hydrogen-bond donors (Lipinski definition) is 0. The fourth-order valence-electron chi connectivity index (χ4n) is 2.14. The number of nitrogens with zero attached hydrogens (tertiary/aromatic N) is 1. The number of benzene rings is 2. The van der Waals surface area contributed by atoms with Gasteiger partial charge in [-0.2, -0.15) is 0 Å². The van der Waals surface area contributed by atoms with E-state index >= 15 is 0 Å². The van der Waals surface area contributed by atoms with E-state index < -0.39 is 0 Å². The molecule has 2 aromatic carbocycles. The first-order chi connectivity index (χ1) is 9.78. The van der Waals surface area contributed by atoms with E-state index in [9.17, 15) is 0 Å². The van der Waals surface area contributed by atoms with Crippen LogP contribution >= 0.6 is 11.6 Å². The predicted octanol–water partition coefficient (Wildman–Crippen LogP) is 4.84. The van der Waals surface area contributed by atoms with E-state index in [1.165, 1.54) is 0 Å². The zero-order valence-electron chi connectivity index (χ0n) is 10.9. The van der Waals surface area contributed by atoms with Crippen molar-refractivity contribution < 1.29 is 0 Å². The van der Waals surface area contributed by atoms with Crippen LogP contribution in [-0.4, -0.2) is 4.98 Å². The van der Waals surface area contributed by atoms with Gasteiger partial charge in [-0.3, -0.25) is 0 Å². The summed E-state index contributed by atoms with van der Waals surface area (Å²) in [7, 11) is 0. The number of hydrogen-bond acceptors (Lipinski definition) is 1. The molecule has 0 spiro atoms. The molecule has 0 unspecified atom stereocenters. The molecule has 1 radical (unpaired) electrons. The van der Waals surface area contributed by atoms with Crippen molar-refractivity contribution in [2.24, 2.45) is 0 Å². The number of rotatable bonds is 3. The number of pyridine rings is 1. The molecule has 0 saturated heterocycles. The molecule has 3 aromatic rings. The summed E-state index contributed by atoms with van der Waals surface area (Å²) in [6, 6.07) is 19.9. The molecule has 1 heterocycles. The zero-order chi connectivity index (χ0) is 13.9. The molecule has 1 nitrogen and oxygen atoms in total. The van der Waals surface area contributed by atoms with E-state index in [4.69, 9.17) is 18.2 Å². The third-order valence-corrected chi connectivity index (χ3v) is 3.60. The Hall–Kier alpha value is -2.12. The van der Waals surface area contributed by atoms with Crippen molar-refractivity contribution in [1.29, 1.82) is 0 Å². The first-order valence-corrected chi connectivity index (χ1v) is 6.95. The maximum atomic E-state index is 6.22. The summed E-state index contributed by atoms with van der Waals surface area (Å²) in [5, 5.41) is 1.11. The summed E-state index contributed by atoms with van der Waals surface area (Å²) < 4.78 is 0. The Balaban J connectivity index is 1.98. The monoisotopic (exact) mass is 278 g/mol. The molecule has 1 aromatic heterocycles. The number of para-hydroxylation sites is 1. The SMILES string of the molecule is [CH]=C(c1ccc(CCl)cc1)c1ccc2ccccc2n1. The van der Waals surface area contributed by atoms with Crippen LogP contribution in [0.25, 0.3) is 16.5 Å². The third-order valence-electron chi connectivity index (χ3n) is 3.29. The maximum Gasteiger partial charge on any atom is 0.0715 e. The first kappa shape index (κ1) is 12.9. The smallest absolute Gasteiger partial charge is 0.0715 e. The molecule has 0 aliphatic rings. The first-order valence-electron chi connectivity index (χ1n) is 6.42. The van der Waals surface area contributed by atoms with Crippen LogP contribution in [0.3, 0.4) is 0 Å². The van der Waals surface area contributed by atoms with Crippen LogP contribution in [0.2, 0.25) is 0 Å². The van der Waals surface area contributed by atoms with E-state index in [1.807, 2.05) is 60.7 Å². The van der Waals surface area contributed by atoms with Gasteiger partial charge in [0, 0.05) is 16.8 Å². The lowest BCUT2D eigenvalue weighted by Gasteiger charge is -2.07. The van der Waals surface area contributed by atoms with Gasteiger partial charge in [-0.05, 0) is 23.3 Å². The topological polar surface area (TPSA) is 12.9 Å². The Morgan fingerprint density at radius 2 is 1.70 bits per heavy atom. The Bertz CT molecular complexity index is 760. The van der Waals surface area contributed by atoms with Gasteiger partial charge in [-0.15, -0.1) is 11.6 Å². The maximum absolute atomic E-state index is 6.22. The van der Waals surface area contributed by atoms with E-state index in [2.05, 4.69) is 4.98 Å². The Morgan fingerprint density at radius 1 is 0.950 bits per heavy atom. The molecular weight excluding hydrogens is 266 g/mol. The predicted molar refractivity (Wildman–Crippen MR) is 84.6 cm³/mol. The Labute approximate surface area is 123 Å². The van der Waals surface area contributed by atoms with Gasteiger partial charge in [0.25, 0.3) is 0 Å². The molecule has 0 atom stereocenters. The van der Waals surface area contributed by atoms with Crippen molar-refractivity contribution in [3.8, 4) is 0 Å². The normalized spacial score (nSPS) is 10.7. The molecular formula is C18H13ClN. The molecule has 97 valence electrons. The van der Waals surface area contributed by atoms with Crippen LogP contribution in [-0.2, 0) is 5.88 Å². The van der Waals surface area contributed by atoms with Gasteiger partial charge in [-0.25, -0.2) is 4.98 Å². The van der Waals surface area contributed by atoms with Crippen molar-refractivity contribution in [2.75, 3.05) is 0 Å². The second kappa shape index (κ2) is 5.48. The highest BCUT2D eigenvalue weighted by Gasteiger charge is 2.05. The van der Waals surface area contributed by atoms with Crippen LogP contribution in [0.15, 0.2) is 60.7 Å². The number of fused-ring (bicyclic) bond motifs is 1. The molecule has 0 aliphatic carbocycles. The largest absolute Gasteiger partial charge is 0.248 e. The molecule has 0 saturated carbocycles. The van der Waals surface area contributed by atoms with Crippen LogP contribution in [0.1, 0.15) is 16.8 Å². The average molecular weight is 279 g/mol. The van der Waals surface area contributed by atoms with Crippen molar-refractivity contribution >= 4 is 28.1 Å². The van der Waals surface area contributed by atoms with E-state index in [-0.39, 0.29) is 0 Å². The fraction of sp³-hybridized carbons (Fsp3) is 0.0556. The summed E-state index contributed by atoms with van der Waals surface area (Å²) in [5.41, 5.74) is 4.46. The van der Waals surface area contributed by atoms with Gasteiger partial charge >= 0.3 is 0 Å². The minimum absolute atomic E-state index is 0.508. The van der Waals surface area contributed by atoms with Gasteiger partial charge in [0.05, 0.1) is 11.2 Å². The zero-order valence-corrected chi connectivity index (χ0v) is 11.6. The summed E-state index contributed by atoms with van der Waals surface area (Å²) in [6.45, 7) is 6.22. The molecule has 2 heteroatoms.